The van der Waals surface area contributed by atoms with Crippen molar-refractivity contribution < 1.29 is 5.11 Å². The molecule has 2 rings (SSSR count). The molecule has 17 heavy (non-hydrogen) atoms. The summed E-state index contributed by atoms with van der Waals surface area (Å²) in [6.45, 7) is 1.89. The van der Waals surface area contributed by atoms with Crippen molar-refractivity contribution in [2.75, 3.05) is 13.2 Å². The van der Waals surface area contributed by atoms with Crippen molar-refractivity contribution in [2.45, 2.75) is 44.7 Å². The smallest absolute Gasteiger partial charge is 0.0558 e. The van der Waals surface area contributed by atoms with Crippen LogP contribution in [0.3, 0.4) is 0 Å². The normalized spacial score (nSPS) is 17.8. The molecular weight excluding hydrogens is 254 g/mol. The maximum atomic E-state index is 9.19. The standard InChI is InChI=1S/C13H20ClNOS/c14-12-6-9-17-13(12)10-15(7-8-16)11-4-2-1-3-5-11/h6,9,11,16H,1-5,7-8,10H2. The van der Waals surface area contributed by atoms with Gasteiger partial charge in [-0.3, -0.25) is 4.90 Å². The predicted octanol–water partition coefficient (Wildman–Crippen LogP) is 3.53. The van der Waals surface area contributed by atoms with Crippen LogP contribution in [0.15, 0.2) is 11.4 Å². The third-order valence-electron chi connectivity index (χ3n) is 3.52. The largest absolute Gasteiger partial charge is 0.395 e. The highest BCUT2D eigenvalue weighted by molar-refractivity contribution is 7.10. The monoisotopic (exact) mass is 273 g/mol. The van der Waals surface area contributed by atoms with E-state index in [1.807, 2.05) is 11.4 Å². The van der Waals surface area contributed by atoms with Gasteiger partial charge in [0.1, 0.15) is 0 Å². The fraction of sp³-hybridized carbons (Fsp3) is 0.692. The molecule has 0 spiro atoms. The van der Waals surface area contributed by atoms with Crippen molar-refractivity contribution in [3.8, 4) is 0 Å². The molecule has 2 nitrogen and oxygen atoms in total. The Bertz CT molecular complexity index is 336. The van der Waals surface area contributed by atoms with Gasteiger partial charge in [-0.2, -0.15) is 0 Å². The van der Waals surface area contributed by atoms with Crippen LogP contribution in [-0.4, -0.2) is 29.2 Å². The topological polar surface area (TPSA) is 23.5 Å². The molecule has 1 N–H and O–H groups in total. The fourth-order valence-corrected chi connectivity index (χ4v) is 3.71. The highest BCUT2D eigenvalue weighted by atomic mass is 35.5. The molecule has 1 aromatic rings. The minimum atomic E-state index is 0.236. The SMILES string of the molecule is OCCN(Cc1sccc1Cl)C1CCCCC1. The molecule has 4 heteroatoms. The molecule has 0 aromatic carbocycles. The first-order valence-electron chi connectivity index (χ1n) is 6.38. The van der Waals surface area contributed by atoms with Crippen LogP contribution in [0.4, 0.5) is 0 Å². The highest BCUT2D eigenvalue weighted by Crippen LogP contribution is 2.28. The van der Waals surface area contributed by atoms with Crippen LogP contribution in [0.1, 0.15) is 37.0 Å². The van der Waals surface area contributed by atoms with E-state index in [2.05, 4.69) is 4.90 Å². The van der Waals surface area contributed by atoms with E-state index < -0.39 is 0 Å². The number of rotatable bonds is 5. The van der Waals surface area contributed by atoms with Crippen LogP contribution in [-0.2, 0) is 6.54 Å². The first kappa shape index (κ1) is 13.3. The first-order chi connectivity index (χ1) is 8.31. The lowest BCUT2D eigenvalue weighted by molar-refractivity contribution is 0.118. The Balaban J connectivity index is 1.98. The zero-order valence-corrected chi connectivity index (χ0v) is 11.6. The van der Waals surface area contributed by atoms with E-state index in [0.717, 1.165) is 18.1 Å². The Morgan fingerprint density at radius 3 is 2.71 bits per heavy atom. The summed E-state index contributed by atoms with van der Waals surface area (Å²) in [7, 11) is 0. The molecular formula is C13H20ClNOS. The van der Waals surface area contributed by atoms with Gasteiger partial charge in [0.25, 0.3) is 0 Å². The van der Waals surface area contributed by atoms with E-state index in [1.54, 1.807) is 11.3 Å². The molecule has 1 heterocycles. The molecule has 1 aromatic heterocycles. The lowest BCUT2D eigenvalue weighted by Crippen LogP contribution is -2.38. The minimum absolute atomic E-state index is 0.236. The molecule has 1 saturated carbocycles. The molecule has 0 aliphatic heterocycles. The Kier molecular flexibility index (Phi) is 5.29. The second kappa shape index (κ2) is 6.74. The summed E-state index contributed by atoms with van der Waals surface area (Å²) in [6, 6.07) is 2.59. The molecule has 0 saturated heterocycles. The summed E-state index contributed by atoms with van der Waals surface area (Å²) < 4.78 is 0. The molecule has 0 radical (unpaired) electrons. The van der Waals surface area contributed by atoms with Crippen LogP contribution < -0.4 is 0 Å². The predicted molar refractivity (Wildman–Crippen MR) is 73.7 cm³/mol. The summed E-state index contributed by atoms with van der Waals surface area (Å²) in [5, 5.41) is 12.1. The Hall–Kier alpha value is -0.0900. The van der Waals surface area contributed by atoms with Gasteiger partial charge in [-0.25, -0.2) is 0 Å². The van der Waals surface area contributed by atoms with Crippen molar-refractivity contribution in [3.63, 3.8) is 0 Å². The molecule has 96 valence electrons. The summed E-state index contributed by atoms with van der Waals surface area (Å²) in [4.78, 5) is 3.63. The number of hydrogen-bond donors (Lipinski definition) is 1. The third-order valence-corrected chi connectivity index (χ3v) is 4.89. The highest BCUT2D eigenvalue weighted by Gasteiger charge is 2.21. The summed E-state index contributed by atoms with van der Waals surface area (Å²) >= 11 is 7.86. The average Bonchev–Trinajstić information content (AvgIpc) is 2.76. The van der Waals surface area contributed by atoms with E-state index >= 15 is 0 Å². The van der Waals surface area contributed by atoms with Crippen LogP contribution in [0.5, 0.6) is 0 Å². The van der Waals surface area contributed by atoms with Crippen LogP contribution in [0.25, 0.3) is 0 Å². The second-order valence-corrected chi connectivity index (χ2v) is 6.09. The lowest BCUT2D eigenvalue weighted by Gasteiger charge is -2.33. The van der Waals surface area contributed by atoms with Gasteiger partial charge in [-0.15, -0.1) is 11.3 Å². The van der Waals surface area contributed by atoms with E-state index in [1.165, 1.54) is 37.0 Å². The van der Waals surface area contributed by atoms with Crippen LogP contribution >= 0.6 is 22.9 Å². The van der Waals surface area contributed by atoms with E-state index in [-0.39, 0.29) is 6.61 Å². The molecule has 0 bridgehead atoms. The quantitative estimate of drug-likeness (QED) is 0.887. The summed E-state index contributed by atoms with van der Waals surface area (Å²) in [6.07, 6.45) is 6.55. The number of halogens is 1. The van der Waals surface area contributed by atoms with Gasteiger partial charge in [0.15, 0.2) is 0 Å². The molecule has 0 amide bonds. The van der Waals surface area contributed by atoms with Gasteiger partial charge in [0, 0.05) is 24.0 Å². The number of aliphatic hydroxyl groups excluding tert-OH is 1. The van der Waals surface area contributed by atoms with Gasteiger partial charge in [-0.05, 0) is 24.3 Å². The lowest BCUT2D eigenvalue weighted by atomic mass is 9.94. The number of nitrogens with zero attached hydrogens (tertiary/aromatic N) is 1. The molecule has 1 fully saturated rings. The van der Waals surface area contributed by atoms with Gasteiger partial charge < -0.3 is 5.11 Å². The number of thiophene rings is 1. The summed E-state index contributed by atoms with van der Waals surface area (Å²) in [5.41, 5.74) is 0. The summed E-state index contributed by atoms with van der Waals surface area (Å²) in [5.74, 6) is 0. The van der Waals surface area contributed by atoms with Gasteiger partial charge in [0.2, 0.25) is 0 Å². The minimum Gasteiger partial charge on any atom is -0.395 e. The van der Waals surface area contributed by atoms with Gasteiger partial charge in [0.05, 0.1) is 11.6 Å². The maximum absolute atomic E-state index is 9.19. The van der Waals surface area contributed by atoms with Crippen molar-refractivity contribution in [2.24, 2.45) is 0 Å². The molecule has 1 aliphatic carbocycles. The molecule has 0 unspecified atom stereocenters. The second-order valence-electron chi connectivity index (χ2n) is 4.68. The molecule has 1 aliphatic rings. The number of hydrogen-bond acceptors (Lipinski definition) is 3. The van der Waals surface area contributed by atoms with Gasteiger partial charge >= 0.3 is 0 Å². The Morgan fingerprint density at radius 1 is 1.35 bits per heavy atom. The van der Waals surface area contributed by atoms with E-state index in [9.17, 15) is 5.11 Å². The van der Waals surface area contributed by atoms with Crippen molar-refractivity contribution in [1.29, 1.82) is 0 Å². The first-order valence-corrected chi connectivity index (χ1v) is 7.64. The zero-order chi connectivity index (χ0) is 12.1. The van der Waals surface area contributed by atoms with Gasteiger partial charge in [-0.1, -0.05) is 30.9 Å². The van der Waals surface area contributed by atoms with Crippen molar-refractivity contribution in [3.05, 3.63) is 21.3 Å². The maximum Gasteiger partial charge on any atom is 0.0558 e. The Morgan fingerprint density at radius 2 is 2.12 bits per heavy atom. The third kappa shape index (κ3) is 3.68. The van der Waals surface area contributed by atoms with Crippen LogP contribution in [0.2, 0.25) is 5.02 Å². The van der Waals surface area contributed by atoms with E-state index in [0.29, 0.717) is 6.04 Å². The Labute approximate surface area is 112 Å². The zero-order valence-electron chi connectivity index (χ0n) is 10.1. The average molecular weight is 274 g/mol. The van der Waals surface area contributed by atoms with Crippen molar-refractivity contribution in [1.82, 2.24) is 4.90 Å². The van der Waals surface area contributed by atoms with Crippen LogP contribution in [0, 0.1) is 0 Å². The fourth-order valence-electron chi connectivity index (χ4n) is 2.59. The van der Waals surface area contributed by atoms with E-state index in [4.69, 9.17) is 11.6 Å². The van der Waals surface area contributed by atoms with Crippen molar-refractivity contribution >= 4 is 22.9 Å². The number of aliphatic hydroxyl groups is 1. The molecule has 0 atom stereocenters.